The highest BCUT2D eigenvalue weighted by atomic mass is 32.2. The van der Waals surface area contributed by atoms with Gasteiger partial charge in [0.05, 0.1) is 12.9 Å². The van der Waals surface area contributed by atoms with Crippen molar-refractivity contribution >= 4 is 16.0 Å². The van der Waals surface area contributed by atoms with Gasteiger partial charge in [-0.1, -0.05) is 25.5 Å². The quantitative estimate of drug-likeness (QED) is 0.781. The van der Waals surface area contributed by atoms with Crippen molar-refractivity contribution in [3.8, 4) is 0 Å². The molecule has 0 aliphatic carbocycles. The molecular weight excluding hydrogens is 297 g/mol. The Balaban J connectivity index is 2.91. The van der Waals surface area contributed by atoms with Crippen LogP contribution in [0.5, 0.6) is 0 Å². The van der Waals surface area contributed by atoms with Crippen LogP contribution in [0.25, 0.3) is 0 Å². The molecule has 0 aromatic heterocycles. The Hall–Kier alpha value is -1.47. The second kappa shape index (κ2) is 7.00. The maximum Gasteiger partial charge on any atom is 0.326 e. The van der Waals surface area contributed by atoms with Crippen LogP contribution in [0.2, 0.25) is 0 Å². The number of nitrogens with one attached hydrogen (secondary N) is 1. The maximum absolute atomic E-state index is 12.8. The predicted molar refractivity (Wildman–Crippen MR) is 77.5 cm³/mol. The third-order valence-corrected chi connectivity index (χ3v) is 4.51. The molecule has 1 N–H and O–H groups in total. The number of sulfonamides is 1. The van der Waals surface area contributed by atoms with Crippen LogP contribution in [-0.4, -0.2) is 27.0 Å². The van der Waals surface area contributed by atoms with Gasteiger partial charge >= 0.3 is 5.97 Å². The molecule has 5 nitrogen and oxygen atoms in total. The molecule has 0 aliphatic heterocycles. The molecular formula is C14H20FNO4S. The fourth-order valence-corrected chi connectivity index (χ4v) is 3.67. The molecule has 1 atom stereocenters. The Labute approximate surface area is 124 Å². The first-order valence-corrected chi connectivity index (χ1v) is 8.22. The molecule has 0 heterocycles. The average Bonchev–Trinajstić information content (AvgIpc) is 2.39. The van der Waals surface area contributed by atoms with Crippen molar-refractivity contribution < 1.29 is 22.3 Å². The second-order valence-electron chi connectivity index (χ2n) is 5.06. The van der Waals surface area contributed by atoms with Crippen LogP contribution in [-0.2, 0) is 25.3 Å². The molecule has 0 radical (unpaired) electrons. The molecule has 7 heteroatoms. The second-order valence-corrected chi connectivity index (χ2v) is 6.78. The van der Waals surface area contributed by atoms with Crippen molar-refractivity contribution in [3.05, 3.63) is 35.6 Å². The van der Waals surface area contributed by atoms with Gasteiger partial charge in [-0.3, -0.25) is 4.79 Å². The molecule has 1 rings (SSSR count). The summed E-state index contributed by atoms with van der Waals surface area (Å²) >= 11 is 0. The van der Waals surface area contributed by atoms with Crippen LogP contribution in [0.15, 0.2) is 24.3 Å². The van der Waals surface area contributed by atoms with E-state index in [1.54, 1.807) is 0 Å². The monoisotopic (exact) mass is 317 g/mol. The van der Waals surface area contributed by atoms with E-state index < -0.39 is 27.3 Å². The Morgan fingerprint density at radius 1 is 1.33 bits per heavy atom. The van der Waals surface area contributed by atoms with Crippen molar-refractivity contribution in [2.75, 3.05) is 7.11 Å². The number of methoxy groups -OCH3 is 1. The zero-order valence-corrected chi connectivity index (χ0v) is 13.2. The van der Waals surface area contributed by atoms with Gasteiger partial charge in [0.25, 0.3) is 0 Å². The van der Waals surface area contributed by atoms with Gasteiger partial charge in [-0.15, -0.1) is 0 Å². The van der Waals surface area contributed by atoms with E-state index >= 15 is 0 Å². The van der Waals surface area contributed by atoms with Gasteiger partial charge < -0.3 is 4.74 Å². The van der Waals surface area contributed by atoms with Gasteiger partial charge in [-0.05, 0) is 31.0 Å². The molecule has 1 aromatic rings. The van der Waals surface area contributed by atoms with Crippen molar-refractivity contribution in [3.63, 3.8) is 0 Å². The number of esters is 1. The molecule has 0 fully saturated rings. The van der Waals surface area contributed by atoms with Gasteiger partial charge in [0.2, 0.25) is 10.0 Å². The van der Waals surface area contributed by atoms with Gasteiger partial charge in [0.1, 0.15) is 11.4 Å². The molecule has 0 spiro atoms. The smallest absolute Gasteiger partial charge is 0.326 e. The molecule has 0 saturated carbocycles. The molecule has 21 heavy (non-hydrogen) atoms. The van der Waals surface area contributed by atoms with Gasteiger partial charge in [0, 0.05) is 0 Å². The van der Waals surface area contributed by atoms with Crippen molar-refractivity contribution in [2.24, 2.45) is 0 Å². The summed E-state index contributed by atoms with van der Waals surface area (Å²) in [7, 11) is -2.54. The van der Waals surface area contributed by atoms with E-state index in [1.807, 2.05) is 6.92 Å². The first-order valence-electron chi connectivity index (χ1n) is 6.57. The lowest BCUT2D eigenvalue weighted by Gasteiger charge is -2.27. The Morgan fingerprint density at radius 2 is 1.90 bits per heavy atom. The lowest BCUT2D eigenvalue weighted by Crippen LogP contribution is -2.52. The summed E-state index contributed by atoms with van der Waals surface area (Å²) in [4.78, 5) is 11.8. The summed E-state index contributed by atoms with van der Waals surface area (Å²) in [5.74, 6) is -1.40. The van der Waals surface area contributed by atoms with E-state index in [-0.39, 0.29) is 5.75 Å². The minimum absolute atomic E-state index is 0.322. The fourth-order valence-electron chi connectivity index (χ4n) is 2.10. The van der Waals surface area contributed by atoms with Crippen LogP contribution in [0.3, 0.4) is 0 Å². The minimum atomic E-state index is -3.76. The highest BCUT2D eigenvalue weighted by molar-refractivity contribution is 7.88. The SMILES string of the molecule is CCCC(C)(NS(=O)(=O)Cc1ccc(F)cc1)C(=O)OC. The molecule has 0 amide bonds. The first-order chi connectivity index (χ1) is 9.72. The molecule has 1 aromatic carbocycles. The van der Waals surface area contributed by atoms with Crippen LogP contribution >= 0.6 is 0 Å². The molecule has 0 saturated heterocycles. The van der Waals surface area contributed by atoms with Crippen LogP contribution < -0.4 is 4.72 Å². The van der Waals surface area contributed by atoms with Gasteiger partial charge in [-0.25, -0.2) is 12.8 Å². The summed E-state index contributed by atoms with van der Waals surface area (Å²) < 4.78 is 44.2. The zero-order valence-electron chi connectivity index (χ0n) is 12.3. The van der Waals surface area contributed by atoms with E-state index in [4.69, 9.17) is 0 Å². The zero-order chi connectivity index (χ0) is 16.1. The number of ether oxygens (including phenoxy) is 1. The number of carbonyl (C=O) groups is 1. The number of halogens is 1. The lowest BCUT2D eigenvalue weighted by atomic mass is 9.98. The molecule has 0 bridgehead atoms. The maximum atomic E-state index is 12.8. The van der Waals surface area contributed by atoms with Gasteiger partial charge in [-0.2, -0.15) is 4.72 Å². The summed E-state index contributed by atoms with van der Waals surface area (Å²) in [5.41, 5.74) is -0.866. The summed E-state index contributed by atoms with van der Waals surface area (Å²) in [6, 6.07) is 5.17. The molecule has 0 aliphatic rings. The normalized spacial score (nSPS) is 14.5. The standard InChI is InChI=1S/C14H20FNO4S/c1-4-9-14(2,13(17)20-3)16-21(18,19)10-11-5-7-12(15)8-6-11/h5-8,16H,4,9-10H2,1-3H3. The van der Waals surface area contributed by atoms with Gasteiger partial charge in [0.15, 0.2) is 0 Å². The third kappa shape index (κ3) is 5.09. The summed E-state index contributed by atoms with van der Waals surface area (Å²) in [5, 5.41) is 0. The topological polar surface area (TPSA) is 72.5 Å². The Morgan fingerprint density at radius 3 is 2.38 bits per heavy atom. The van der Waals surface area contributed by atoms with E-state index in [9.17, 15) is 17.6 Å². The van der Waals surface area contributed by atoms with Crippen LogP contribution in [0.4, 0.5) is 4.39 Å². The number of carbonyl (C=O) groups excluding carboxylic acids is 1. The van der Waals surface area contributed by atoms with E-state index in [1.165, 1.54) is 38.3 Å². The summed E-state index contributed by atoms with van der Waals surface area (Å²) in [6.45, 7) is 3.33. The van der Waals surface area contributed by atoms with Crippen molar-refractivity contribution in [1.29, 1.82) is 0 Å². The first kappa shape index (κ1) is 17.6. The van der Waals surface area contributed by atoms with Crippen LogP contribution in [0, 0.1) is 5.82 Å². The van der Waals surface area contributed by atoms with Crippen LogP contribution in [0.1, 0.15) is 32.3 Å². The highest BCUT2D eigenvalue weighted by Crippen LogP contribution is 2.17. The van der Waals surface area contributed by atoms with E-state index in [0.717, 1.165) is 0 Å². The Kier molecular flexibility index (Phi) is 5.86. The third-order valence-electron chi connectivity index (χ3n) is 3.04. The minimum Gasteiger partial charge on any atom is -0.468 e. The van der Waals surface area contributed by atoms with Crippen molar-refractivity contribution in [1.82, 2.24) is 4.72 Å². The van der Waals surface area contributed by atoms with E-state index in [0.29, 0.717) is 18.4 Å². The summed E-state index contributed by atoms with van der Waals surface area (Å²) in [6.07, 6.45) is 0.937. The lowest BCUT2D eigenvalue weighted by molar-refractivity contribution is -0.147. The fraction of sp³-hybridized carbons (Fsp3) is 0.500. The number of hydrogen-bond acceptors (Lipinski definition) is 4. The predicted octanol–water partition coefficient (Wildman–Crippen LogP) is 1.98. The molecule has 1 unspecified atom stereocenters. The number of hydrogen-bond donors (Lipinski definition) is 1. The Bertz CT molecular complexity index is 585. The van der Waals surface area contributed by atoms with E-state index in [2.05, 4.69) is 9.46 Å². The molecule has 118 valence electrons. The highest BCUT2D eigenvalue weighted by Gasteiger charge is 2.37. The number of rotatable bonds is 7. The largest absolute Gasteiger partial charge is 0.468 e. The average molecular weight is 317 g/mol. The number of benzene rings is 1. The van der Waals surface area contributed by atoms with Crippen molar-refractivity contribution in [2.45, 2.75) is 38.0 Å².